The van der Waals surface area contributed by atoms with Gasteiger partial charge in [-0.3, -0.25) is 4.99 Å². The molecule has 0 radical (unpaired) electrons. The van der Waals surface area contributed by atoms with Gasteiger partial charge in [0.15, 0.2) is 5.96 Å². The van der Waals surface area contributed by atoms with Crippen LogP contribution < -0.4 is 15.4 Å². The smallest absolute Gasteiger partial charge is 0.218 e. The van der Waals surface area contributed by atoms with Gasteiger partial charge in [0.25, 0.3) is 0 Å². The van der Waals surface area contributed by atoms with Crippen LogP contribution in [0.3, 0.4) is 0 Å². The van der Waals surface area contributed by atoms with Gasteiger partial charge in [-0.05, 0) is 32.6 Å². The van der Waals surface area contributed by atoms with Crippen molar-refractivity contribution in [1.82, 2.24) is 15.6 Å². The van der Waals surface area contributed by atoms with Crippen molar-refractivity contribution in [2.75, 3.05) is 26.5 Å². The van der Waals surface area contributed by atoms with E-state index in [4.69, 9.17) is 4.74 Å². The van der Waals surface area contributed by atoms with E-state index in [0.717, 1.165) is 24.5 Å². The third kappa shape index (κ3) is 6.56. The van der Waals surface area contributed by atoms with Gasteiger partial charge in [-0.25, -0.2) is 4.98 Å². The van der Waals surface area contributed by atoms with Crippen LogP contribution in [0.25, 0.3) is 0 Å². The van der Waals surface area contributed by atoms with Crippen LogP contribution >= 0.6 is 11.8 Å². The second-order valence-corrected chi connectivity index (χ2v) is 7.07. The van der Waals surface area contributed by atoms with Gasteiger partial charge in [0.05, 0.1) is 6.61 Å². The molecule has 5 nitrogen and oxygen atoms in total. The Bertz CT molecular complexity index is 477. The fourth-order valence-electron chi connectivity index (χ4n) is 1.66. The van der Waals surface area contributed by atoms with Crippen LogP contribution in [-0.2, 0) is 6.54 Å². The van der Waals surface area contributed by atoms with Crippen molar-refractivity contribution < 1.29 is 4.74 Å². The molecule has 1 heterocycles. The molecule has 1 aromatic heterocycles. The Morgan fingerprint density at radius 3 is 2.82 bits per heavy atom. The van der Waals surface area contributed by atoms with E-state index in [9.17, 15) is 0 Å². The van der Waals surface area contributed by atoms with Gasteiger partial charge >= 0.3 is 0 Å². The van der Waals surface area contributed by atoms with Crippen LogP contribution in [0, 0.1) is 0 Å². The van der Waals surface area contributed by atoms with Gasteiger partial charge in [0.1, 0.15) is 0 Å². The highest BCUT2D eigenvalue weighted by atomic mass is 32.2. The van der Waals surface area contributed by atoms with Crippen molar-refractivity contribution >= 4 is 17.7 Å². The molecule has 0 spiro atoms. The van der Waals surface area contributed by atoms with Gasteiger partial charge in [0, 0.05) is 36.6 Å². The summed E-state index contributed by atoms with van der Waals surface area (Å²) in [4.78, 5) is 8.55. The first-order valence-electron chi connectivity index (χ1n) is 7.58. The van der Waals surface area contributed by atoms with Crippen LogP contribution in [0.4, 0.5) is 0 Å². The fourth-order valence-corrected chi connectivity index (χ4v) is 1.87. The van der Waals surface area contributed by atoms with Crippen molar-refractivity contribution in [1.29, 1.82) is 0 Å². The first kappa shape index (κ1) is 18.6. The van der Waals surface area contributed by atoms with Gasteiger partial charge < -0.3 is 15.4 Å². The molecule has 0 amide bonds. The summed E-state index contributed by atoms with van der Waals surface area (Å²) in [6.45, 7) is 8.65. The van der Waals surface area contributed by atoms with Gasteiger partial charge in [-0.15, -0.1) is 0 Å². The maximum atomic E-state index is 5.67. The highest BCUT2D eigenvalue weighted by Crippen LogP contribution is 2.19. The number of hydrogen-bond acceptors (Lipinski definition) is 4. The van der Waals surface area contributed by atoms with Crippen LogP contribution in [0.5, 0.6) is 5.88 Å². The molecule has 1 aromatic rings. The zero-order chi connectivity index (χ0) is 16.4. The lowest BCUT2D eigenvalue weighted by Gasteiger charge is -2.23. The Kier molecular flexibility index (Phi) is 8.09. The summed E-state index contributed by atoms with van der Waals surface area (Å²) >= 11 is 1.83. The molecule has 0 aliphatic carbocycles. The van der Waals surface area contributed by atoms with Crippen LogP contribution in [0.1, 0.15) is 32.8 Å². The minimum absolute atomic E-state index is 0.168. The summed E-state index contributed by atoms with van der Waals surface area (Å²) in [6, 6.07) is 3.94. The summed E-state index contributed by atoms with van der Waals surface area (Å²) in [6.07, 6.45) is 4.84. The number of nitrogens with zero attached hydrogens (tertiary/aromatic N) is 2. The Labute approximate surface area is 138 Å². The molecule has 0 saturated heterocycles. The third-order valence-corrected chi connectivity index (χ3v) is 4.45. The Hall–Kier alpha value is -1.43. The van der Waals surface area contributed by atoms with E-state index >= 15 is 0 Å². The number of guanidine groups is 1. The third-order valence-electron chi connectivity index (χ3n) is 3.20. The summed E-state index contributed by atoms with van der Waals surface area (Å²) < 4.78 is 5.84. The molecule has 2 N–H and O–H groups in total. The Balaban J connectivity index is 2.56. The molecule has 0 unspecified atom stereocenters. The molecule has 124 valence electrons. The van der Waals surface area contributed by atoms with Crippen molar-refractivity contribution in [2.45, 2.75) is 38.5 Å². The highest BCUT2D eigenvalue weighted by molar-refractivity contribution is 7.99. The summed E-state index contributed by atoms with van der Waals surface area (Å²) in [5, 5.41) is 6.66. The monoisotopic (exact) mass is 324 g/mol. The average molecular weight is 324 g/mol. The van der Waals surface area contributed by atoms with E-state index < -0.39 is 0 Å². The van der Waals surface area contributed by atoms with Gasteiger partial charge in [-0.2, -0.15) is 11.8 Å². The maximum Gasteiger partial charge on any atom is 0.218 e. The number of thioether (sulfide) groups is 1. The van der Waals surface area contributed by atoms with E-state index in [1.165, 1.54) is 0 Å². The van der Waals surface area contributed by atoms with Crippen molar-refractivity contribution in [2.24, 2.45) is 4.99 Å². The van der Waals surface area contributed by atoms with E-state index in [0.29, 0.717) is 19.0 Å². The van der Waals surface area contributed by atoms with Crippen LogP contribution in [-0.4, -0.2) is 42.1 Å². The quantitative estimate of drug-likeness (QED) is 0.569. The molecule has 0 saturated carbocycles. The molecular formula is C16H28N4OS. The van der Waals surface area contributed by atoms with E-state index in [1.54, 1.807) is 13.2 Å². The number of aromatic nitrogens is 1. The second kappa shape index (κ2) is 9.56. The molecule has 0 fully saturated rings. The molecule has 0 atom stereocenters. The number of aliphatic imine (C=N–C) groups is 1. The minimum Gasteiger partial charge on any atom is -0.477 e. The second-order valence-electron chi connectivity index (χ2n) is 5.56. The maximum absolute atomic E-state index is 5.67. The number of nitrogens with one attached hydrogen (secondary N) is 2. The Morgan fingerprint density at radius 1 is 1.41 bits per heavy atom. The molecule has 0 bridgehead atoms. The molecule has 1 rings (SSSR count). The molecular weight excluding hydrogens is 296 g/mol. The average Bonchev–Trinajstić information content (AvgIpc) is 2.54. The number of pyridine rings is 1. The standard InChI is InChI=1S/C16H28N4OS/c1-6-10-21-14-13(8-7-9-18-14)11-19-15(17-4)20-12-16(2,3)22-5/h7-9H,6,10-12H2,1-5H3,(H2,17,19,20). The van der Waals surface area contributed by atoms with Crippen LogP contribution in [0.15, 0.2) is 23.3 Å². The summed E-state index contributed by atoms with van der Waals surface area (Å²) in [5.41, 5.74) is 1.03. The fraction of sp³-hybridized carbons (Fsp3) is 0.625. The lowest BCUT2D eigenvalue weighted by molar-refractivity contribution is 0.301. The SMILES string of the molecule is CCCOc1ncccc1CNC(=NC)NCC(C)(C)SC. The molecule has 6 heteroatoms. The highest BCUT2D eigenvalue weighted by Gasteiger charge is 2.16. The first-order valence-corrected chi connectivity index (χ1v) is 8.81. The number of rotatable bonds is 8. The predicted molar refractivity (Wildman–Crippen MR) is 95.8 cm³/mol. The molecule has 0 aliphatic rings. The molecule has 22 heavy (non-hydrogen) atoms. The zero-order valence-electron chi connectivity index (χ0n) is 14.3. The molecule has 0 aromatic carbocycles. The lowest BCUT2D eigenvalue weighted by atomic mass is 10.2. The number of ether oxygens (including phenoxy) is 1. The Morgan fingerprint density at radius 2 is 2.18 bits per heavy atom. The zero-order valence-corrected chi connectivity index (χ0v) is 15.1. The molecule has 0 aliphatic heterocycles. The van der Waals surface area contributed by atoms with E-state index in [2.05, 4.69) is 47.6 Å². The van der Waals surface area contributed by atoms with Crippen molar-refractivity contribution in [3.05, 3.63) is 23.9 Å². The van der Waals surface area contributed by atoms with Crippen LogP contribution in [0.2, 0.25) is 0 Å². The predicted octanol–water partition coefficient (Wildman–Crippen LogP) is 2.68. The normalized spacial score (nSPS) is 12.1. The van der Waals surface area contributed by atoms with E-state index in [-0.39, 0.29) is 4.75 Å². The largest absolute Gasteiger partial charge is 0.477 e. The minimum atomic E-state index is 0.168. The topological polar surface area (TPSA) is 58.5 Å². The van der Waals surface area contributed by atoms with E-state index in [1.807, 2.05) is 23.9 Å². The van der Waals surface area contributed by atoms with Crippen molar-refractivity contribution in [3.63, 3.8) is 0 Å². The number of hydrogen-bond donors (Lipinski definition) is 2. The lowest BCUT2D eigenvalue weighted by Crippen LogP contribution is -2.43. The summed E-state index contributed by atoms with van der Waals surface area (Å²) in [7, 11) is 1.78. The van der Waals surface area contributed by atoms with Gasteiger partial charge in [-0.1, -0.05) is 13.0 Å². The first-order chi connectivity index (χ1) is 10.5. The summed E-state index contributed by atoms with van der Waals surface area (Å²) in [5.74, 6) is 1.48. The van der Waals surface area contributed by atoms with Crippen molar-refractivity contribution in [3.8, 4) is 5.88 Å². The van der Waals surface area contributed by atoms with Gasteiger partial charge in [0.2, 0.25) is 5.88 Å².